The highest BCUT2D eigenvalue weighted by Gasteiger charge is 2.07. The summed E-state index contributed by atoms with van der Waals surface area (Å²) in [5.74, 6) is 1.50. The average molecular weight is 320 g/mol. The molecule has 0 atom stereocenters. The maximum absolute atomic E-state index is 12.0. The molecule has 0 spiro atoms. The first-order valence-corrected chi connectivity index (χ1v) is 7.97. The van der Waals surface area contributed by atoms with Crippen molar-refractivity contribution in [3.05, 3.63) is 35.5 Å². The van der Waals surface area contributed by atoms with E-state index in [1.54, 1.807) is 25.2 Å². The van der Waals surface area contributed by atoms with Crippen LogP contribution in [0.4, 0.5) is 0 Å². The lowest BCUT2D eigenvalue weighted by Crippen LogP contribution is -2.30. The van der Waals surface area contributed by atoms with Gasteiger partial charge < -0.3 is 19.7 Å². The fourth-order valence-corrected chi connectivity index (χ4v) is 2.30. The highest BCUT2D eigenvalue weighted by molar-refractivity contribution is 5.88. The largest absolute Gasteiger partial charge is 0.493 e. The number of nitrogens with zero attached hydrogens (tertiary/aromatic N) is 1. The van der Waals surface area contributed by atoms with Crippen LogP contribution in [-0.4, -0.2) is 44.7 Å². The summed E-state index contributed by atoms with van der Waals surface area (Å²) in [5, 5.41) is 3.27. The summed E-state index contributed by atoms with van der Waals surface area (Å²) in [6, 6.07) is 5.89. The molecule has 0 aliphatic heterocycles. The number of benzene rings is 1. The fourth-order valence-electron chi connectivity index (χ4n) is 2.30. The van der Waals surface area contributed by atoms with Crippen molar-refractivity contribution in [1.29, 1.82) is 0 Å². The summed E-state index contributed by atoms with van der Waals surface area (Å²) >= 11 is 0. The van der Waals surface area contributed by atoms with E-state index in [4.69, 9.17) is 9.47 Å². The van der Waals surface area contributed by atoms with Crippen molar-refractivity contribution in [3.8, 4) is 11.5 Å². The van der Waals surface area contributed by atoms with Crippen molar-refractivity contribution in [3.63, 3.8) is 0 Å². The zero-order valence-electron chi connectivity index (χ0n) is 14.8. The summed E-state index contributed by atoms with van der Waals surface area (Å²) in [6.45, 7) is 8.08. The zero-order chi connectivity index (χ0) is 17.2. The molecule has 5 nitrogen and oxygen atoms in total. The Morgan fingerprint density at radius 3 is 2.39 bits per heavy atom. The topological polar surface area (TPSA) is 50.8 Å². The fraction of sp³-hybridized carbons (Fsp3) is 0.500. The first-order valence-electron chi connectivity index (χ1n) is 7.97. The van der Waals surface area contributed by atoms with Crippen LogP contribution in [0.15, 0.2) is 30.0 Å². The normalized spacial score (nSPS) is 11.1. The van der Waals surface area contributed by atoms with Crippen LogP contribution in [0.1, 0.15) is 26.3 Å². The molecular formula is C18H28N2O3. The second-order valence-corrected chi connectivity index (χ2v) is 5.20. The molecule has 0 bridgehead atoms. The van der Waals surface area contributed by atoms with Crippen LogP contribution in [0.3, 0.4) is 0 Å². The number of nitrogens with one attached hydrogen (secondary N) is 1. The van der Waals surface area contributed by atoms with Crippen LogP contribution in [-0.2, 0) is 11.2 Å². The molecule has 128 valence electrons. The molecule has 23 heavy (non-hydrogen) atoms. The van der Waals surface area contributed by atoms with E-state index in [0.29, 0.717) is 0 Å². The van der Waals surface area contributed by atoms with Crippen molar-refractivity contribution < 1.29 is 14.3 Å². The smallest absolute Gasteiger partial charge is 0.248 e. The van der Waals surface area contributed by atoms with E-state index < -0.39 is 0 Å². The second-order valence-electron chi connectivity index (χ2n) is 5.20. The lowest BCUT2D eigenvalue weighted by Gasteiger charge is -2.17. The number of amides is 1. The van der Waals surface area contributed by atoms with Gasteiger partial charge in [0.1, 0.15) is 0 Å². The van der Waals surface area contributed by atoms with Gasteiger partial charge in [-0.2, -0.15) is 0 Å². The minimum absolute atomic E-state index is 0.0473. The summed E-state index contributed by atoms with van der Waals surface area (Å²) in [7, 11) is 3.26. The lowest BCUT2D eigenvalue weighted by molar-refractivity contribution is -0.125. The van der Waals surface area contributed by atoms with Gasteiger partial charge in [0.2, 0.25) is 5.91 Å². The van der Waals surface area contributed by atoms with Gasteiger partial charge in [-0.1, -0.05) is 6.07 Å². The van der Waals surface area contributed by atoms with E-state index in [9.17, 15) is 4.79 Å². The van der Waals surface area contributed by atoms with Gasteiger partial charge >= 0.3 is 0 Å². The number of methoxy groups -OCH3 is 2. The van der Waals surface area contributed by atoms with Crippen molar-refractivity contribution in [2.45, 2.75) is 27.2 Å². The van der Waals surface area contributed by atoms with Crippen molar-refractivity contribution >= 4 is 5.91 Å². The molecule has 0 unspecified atom stereocenters. The highest BCUT2D eigenvalue weighted by atomic mass is 16.5. The number of allylic oxidation sites excluding steroid dienone is 1. The SMILES string of the molecule is CCN(CC)C(=O)/C=C(/C)NCCc1ccc(OC)c(OC)c1. The Bertz CT molecular complexity index is 537. The van der Waals surface area contributed by atoms with Gasteiger partial charge in [-0.3, -0.25) is 4.79 Å². The number of carbonyl (C=O) groups excluding carboxylic acids is 1. The first kappa shape index (κ1) is 18.9. The monoisotopic (exact) mass is 320 g/mol. The van der Waals surface area contributed by atoms with Crippen molar-refractivity contribution in [2.24, 2.45) is 0 Å². The van der Waals surface area contributed by atoms with Crippen LogP contribution >= 0.6 is 0 Å². The van der Waals surface area contributed by atoms with Gasteiger partial charge in [0, 0.05) is 31.4 Å². The standard InChI is InChI=1S/C18H28N2O3/c1-6-20(7-2)18(21)12-14(3)19-11-10-15-8-9-16(22-4)17(13-15)23-5/h8-9,12-13,19H,6-7,10-11H2,1-5H3/b14-12-. The number of hydrogen-bond donors (Lipinski definition) is 1. The number of ether oxygens (including phenoxy) is 2. The molecule has 0 aliphatic rings. The third kappa shape index (κ3) is 5.85. The number of hydrogen-bond acceptors (Lipinski definition) is 4. The molecule has 0 aliphatic carbocycles. The number of carbonyl (C=O) groups is 1. The van der Waals surface area contributed by atoms with E-state index in [2.05, 4.69) is 5.32 Å². The second kappa shape index (κ2) is 9.77. The zero-order valence-corrected chi connectivity index (χ0v) is 14.8. The van der Waals surface area contributed by atoms with Gasteiger partial charge in [-0.15, -0.1) is 0 Å². The molecule has 0 heterocycles. The van der Waals surface area contributed by atoms with Crippen LogP contribution < -0.4 is 14.8 Å². The van der Waals surface area contributed by atoms with Crippen LogP contribution in [0.5, 0.6) is 11.5 Å². The minimum Gasteiger partial charge on any atom is -0.493 e. The van der Waals surface area contributed by atoms with E-state index in [-0.39, 0.29) is 5.91 Å². The Balaban J connectivity index is 2.54. The Labute approximate surface area is 139 Å². The molecule has 0 saturated carbocycles. The molecule has 0 aromatic heterocycles. The molecule has 0 saturated heterocycles. The lowest BCUT2D eigenvalue weighted by atomic mass is 10.1. The first-order chi connectivity index (χ1) is 11.0. The number of likely N-dealkylation sites (N-methyl/N-ethyl adjacent to an activating group) is 1. The van der Waals surface area contributed by atoms with Gasteiger partial charge in [-0.25, -0.2) is 0 Å². The minimum atomic E-state index is 0.0473. The third-order valence-electron chi connectivity index (χ3n) is 3.68. The Hall–Kier alpha value is -2.17. The van der Waals surface area contributed by atoms with Crippen molar-refractivity contribution in [1.82, 2.24) is 10.2 Å². The molecule has 1 amide bonds. The molecular weight excluding hydrogens is 292 g/mol. The maximum Gasteiger partial charge on any atom is 0.248 e. The van der Waals surface area contributed by atoms with Gasteiger partial charge in [0.15, 0.2) is 11.5 Å². The molecule has 1 rings (SSSR count). The summed E-state index contributed by atoms with van der Waals surface area (Å²) in [5.41, 5.74) is 2.03. The molecule has 1 aromatic carbocycles. The summed E-state index contributed by atoms with van der Waals surface area (Å²) in [4.78, 5) is 13.8. The highest BCUT2D eigenvalue weighted by Crippen LogP contribution is 2.27. The van der Waals surface area contributed by atoms with E-state index >= 15 is 0 Å². The molecule has 1 N–H and O–H groups in total. The Kier molecular flexibility index (Phi) is 8.02. The van der Waals surface area contributed by atoms with Gasteiger partial charge in [0.25, 0.3) is 0 Å². The molecule has 1 aromatic rings. The van der Waals surface area contributed by atoms with Crippen LogP contribution in [0.2, 0.25) is 0 Å². The maximum atomic E-state index is 12.0. The van der Waals surface area contributed by atoms with Crippen LogP contribution in [0.25, 0.3) is 0 Å². The predicted octanol–water partition coefficient (Wildman–Crippen LogP) is 2.61. The van der Waals surface area contributed by atoms with E-state index in [1.165, 1.54) is 0 Å². The quantitative estimate of drug-likeness (QED) is 0.711. The van der Waals surface area contributed by atoms with Gasteiger partial charge in [0.05, 0.1) is 14.2 Å². The van der Waals surface area contributed by atoms with Gasteiger partial charge in [-0.05, 0) is 44.9 Å². The predicted molar refractivity (Wildman–Crippen MR) is 92.9 cm³/mol. The summed E-state index contributed by atoms with van der Waals surface area (Å²) in [6.07, 6.45) is 2.49. The average Bonchev–Trinajstić information content (AvgIpc) is 2.55. The Morgan fingerprint density at radius 1 is 1.17 bits per heavy atom. The van der Waals surface area contributed by atoms with E-state index in [1.807, 2.05) is 39.0 Å². The van der Waals surface area contributed by atoms with Crippen LogP contribution in [0, 0.1) is 0 Å². The third-order valence-corrected chi connectivity index (χ3v) is 3.68. The molecule has 0 radical (unpaired) electrons. The molecule has 0 fully saturated rings. The van der Waals surface area contributed by atoms with Crippen molar-refractivity contribution in [2.75, 3.05) is 33.9 Å². The number of rotatable bonds is 9. The molecule has 5 heteroatoms. The Morgan fingerprint density at radius 2 is 1.83 bits per heavy atom. The summed E-state index contributed by atoms with van der Waals surface area (Å²) < 4.78 is 10.5. The van der Waals surface area contributed by atoms with E-state index in [0.717, 1.165) is 48.8 Å².